The lowest BCUT2D eigenvalue weighted by Gasteiger charge is -1.97. The minimum Gasteiger partial charge on any atom is -0.548 e. The summed E-state index contributed by atoms with van der Waals surface area (Å²) in [7, 11) is 0. The predicted molar refractivity (Wildman–Crippen MR) is 25.6 cm³/mol. The molecule has 1 aromatic heterocycles. The van der Waals surface area contributed by atoms with Crippen LogP contribution in [0.4, 0.5) is 0 Å². The van der Waals surface area contributed by atoms with E-state index in [9.17, 15) is 14.7 Å². The van der Waals surface area contributed by atoms with Gasteiger partial charge in [-0.2, -0.15) is 4.80 Å². The van der Waals surface area contributed by atoms with E-state index in [-0.39, 0.29) is 0 Å². The monoisotopic (exact) mass is 143 g/mol. The Balaban J connectivity index is 2.76. The number of aromatic amines is 1. The standard InChI is InChI=1S/C3H4N4O3/c8-2(9)1-7-5-3(10)4-6-7/h1H2,(H,5,10)(H,8,9)/p-1. The van der Waals surface area contributed by atoms with Crippen molar-refractivity contribution in [1.29, 1.82) is 0 Å². The van der Waals surface area contributed by atoms with Gasteiger partial charge in [-0.05, 0) is 5.21 Å². The molecule has 7 heteroatoms. The number of carbonyl (C=O) groups excluding carboxylic acids is 1. The second-order valence-corrected chi connectivity index (χ2v) is 1.54. The lowest BCUT2D eigenvalue weighted by molar-refractivity contribution is -0.307. The number of H-pyrrole nitrogens is 1. The fourth-order valence-corrected chi connectivity index (χ4v) is 0.443. The molecule has 0 radical (unpaired) electrons. The molecular weight excluding hydrogens is 140 g/mol. The molecule has 0 saturated heterocycles. The number of carboxylic acid groups (broad SMARTS) is 1. The van der Waals surface area contributed by atoms with Crippen LogP contribution >= 0.6 is 0 Å². The number of aliphatic carboxylic acids is 1. The molecule has 0 aliphatic heterocycles. The van der Waals surface area contributed by atoms with Gasteiger partial charge in [0.25, 0.3) is 0 Å². The fourth-order valence-electron chi connectivity index (χ4n) is 0.443. The fraction of sp³-hybridized carbons (Fsp3) is 0.333. The van der Waals surface area contributed by atoms with Crippen molar-refractivity contribution in [2.45, 2.75) is 6.54 Å². The summed E-state index contributed by atoms with van der Waals surface area (Å²) < 4.78 is 0. The van der Waals surface area contributed by atoms with Gasteiger partial charge in [0.2, 0.25) is 0 Å². The first kappa shape index (κ1) is 6.46. The molecule has 10 heavy (non-hydrogen) atoms. The van der Waals surface area contributed by atoms with E-state index in [4.69, 9.17) is 0 Å². The van der Waals surface area contributed by atoms with Gasteiger partial charge in [-0.1, -0.05) is 5.10 Å². The van der Waals surface area contributed by atoms with Crippen molar-refractivity contribution in [3.63, 3.8) is 0 Å². The van der Waals surface area contributed by atoms with Crippen molar-refractivity contribution in [3.8, 4) is 0 Å². The second-order valence-electron chi connectivity index (χ2n) is 1.54. The number of rotatable bonds is 2. The first-order valence-electron chi connectivity index (χ1n) is 2.38. The van der Waals surface area contributed by atoms with E-state index in [1.807, 2.05) is 5.10 Å². The number of hydrogen-bond acceptors (Lipinski definition) is 5. The summed E-state index contributed by atoms with van der Waals surface area (Å²) in [5.41, 5.74) is -0.679. The maximum absolute atomic E-state index is 10.2. The van der Waals surface area contributed by atoms with Gasteiger partial charge in [-0.25, -0.2) is 9.89 Å². The highest BCUT2D eigenvalue weighted by molar-refractivity contribution is 5.63. The summed E-state index contributed by atoms with van der Waals surface area (Å²) in [6.07, 6.45) is 0. The highest BCUT2D eigenvalue weighted by atomic mass is 16.4. The summed E-state index contributed by atoms with van der Waals surface area (Å²) in [4.78, 5) is 20.8. The largest absolute Gasteiger partial charge is 0.548 e. The molecule has 7 nitrogen and oxygen atoms in total. The lowest BCUT2D eigenvalue weighted by atomic mass is 10.7. The molecule has 0 fully saturated rings. The van der Waals surface area contributed by atoms with E-state index >= 15 is 0 Å². The van der Waals surface area contributed by atoms with Crippen LogP contribution in [0.3, 0.4) is 0 Å². The van der Waals surface area contributed by atoms with Gasteiger partial charge in [0.15, 0.2) is 0 Å². The molecule has 54 valence electrons. The average molecular weight is 143 g/mol. The van der Waals surface area contributed by atoms with Crippen molar-refractivity contribution in [2.75, 3.05) is 0 Å². The highest BCUT2D eigenvalue weighted by Crippen LogP contribution is 1.66. The number of nitrogens with one attached hydrogen (secondary N) is 1. The normalized spacial score (nSPS) is 9.60. The van der Waals surface area contributed by atoms with E-state index in [0.29, 0.717) is 0 Å². The van der Waals surface area contributed by atoms with E-state index < -0.39 is 18.2 Å². The van der Waals surface area contributed by atoms with Crippen LogP contribution in [0.25, 0.3) is 0 Å². The van der Waals surface area contributed by atoms with E-state index in [2.05, 4.69) is 10.3 Å². The zero-order chi connectivity index (χ0) is 7.56. The molecule has 0 saturated carbocycles. The number of carbonyl (C=O) groups is 1. The molecule has 0 aromatic carbocycles. The molecule has 1 rings (SSSR count). The summed E-state index contributed by atoms with van der Waals surface area (Å²) in [5, 5.41) is 18.0. The number of tetrazole rings is 1. The smallest absolute Gasteiger partial charge is 0.381 e. The Morgan fingerprint density at radius 1 is 1.80 bits per heavy atom. The van der Waals surface area contributed by atoms with Crippen molar-refractivity contribution in [3.05, 3.63) is 10.5 Å². The molecule has 0 aliphatic carbocycles. The SMILES string of the molecule is O=C([O-])Cn1nnc(=O)[nH]1. The Hall–Kier alpha value is -1.66. The molecule has 0 aliphatic rings. The Bertz CT molecular complexity index is 286. The van der Waals surface area contributed by atoms with Gasteiger partial charge in [-0.3, -0.25) is 0 Å². The van der Waals surface area contributed by atoms with Crippen molar-refractivity contribution < 1.29 is 9.90 Å². The third kappa shape index (κ3) is 1.41. The van der Waals surface area contributed by atoms with Crippen LogP contribution in [0.15, 0.2) is 4.79 Å². The van der Waals surface area contributed by atoms with E-state index in [1.54, 1.807) is 0 Å². The molecule has 1 heterocycles. The molecule has 0 atom stereocenters. The minimum absolute atomic E-state index is 0.491. The number of carboxylic acids is 1. The minimum atomic E-state index is -1.33. The van der Waals surface area contributed by atoms with E-state index in [0.717, 1.165) is 4.80 Å². The van der Waals surface area contributed by atoms with Crippen molar-refractivity contribution in [2.24, 2.45) is 0 Å². The zero-order valence-electron chi connectivity index (χ0n) is 4.77. The Kier molecular flexibility index (Phi) is 1.48. The van der Waals surface area contributed by atoms with Crippen LogP contribution in [0, 0.1) is 0 Å². The zero-order valence-corrected chi connectivity index (χ0v) is 4.77. The number of nitrogens with zero attached hydrogens (tertiary/aromatic N) is 3. The average Bonchev–Trinajstić information content (AvgIpc) is 2.13. The number of hydrogen-bond donors (Lipinski definition) is 1. The first-order chi connectivity index (χ1) is 4.68. The molecule has 0 unspecified atom stereocenters. The first-order valence-corrected chi connectivity index (χ1v) is 2.38. The molecule has 1 N–H and O–H groups in total. The summed E-state index contributed by atoms with van der Waals surface area (Å²) in [6, 6.07) is 0. The topological polar surface area (TPSA) is 104 Å². The van der Waals surface area contributed by atoms with Crippen LogP contribution in [0.5, 0.6) is 0 Å². The van der Waals surface area contributed by atoms with Crippen LogP contribution in [0.1, 0.15) is 0 Å². The van der Waals surface area contributed by atoms with Gasteiger partial charge >= 0.3 is 5.69 Å². The van der Waals surface area contributed by atoms with Gasteiger partial charge in [-0.15, -0.1) is 0 Å². The van der Waals surface area contributed by atoms with Gasteiger partial charge in [0, 0.05) is 0 Å². The van der Waals surface area contributed by atoms with Crippen molar-refractivity contribution >= 4 is 5.97 Å². The van der Waals surface area contributed by atoms with Crippen LogP contribution in [0.2, 0.25) is 0 Å². The van der Waals surface area contributed by atoms with E-state index in [1.165, 1.54) is 0 Å². The third-order valence-electron chi connectivity index (χ3n) is 0.747. The predicted octanol–water partition coefficient (Wildman–Crippen LogP) is -3.28. The summed E-state index contributed by atoms with van der Waals surface area (Å²) in [5.74, 6) is -1.33. The van der Waals surface area contributed by atoms with Crippen LogP contribution < -0.4 is 10.8 Å². The Morgan fingerprint density at radius 2 is 2.50 bits per heavy atom. The maximum Gasteiger partial charge on any atom is 0.381 e. The maximum atomic E-state index is 10.2. The molecule has 0 amide bonds. The molecular formula is C3H3N4O3-. The van der Waals surface area contributed by atoms with Crippen LogP contribution in [-0.2, 0) is 11.3 Å². The Morgan fingerprint density at radius 3 is 2.90 bits per heavy atom. The second kappa shape index (κ2) is 2.29. The molecule has 0 spiro atoms. The van der Waals surface area contributed by atoms with Gasteiger partial charge in [0.05, 0.1) is 12.5 Å². The number of aromatic nitrogens is 4. The van der Waals surface area contributed by atoms with Gasteiger partial charge < -0.3 is 9.90 Å². The molecule has 1 aromatic rings. The highest BCUT2D eigenvalue weighted by Gasteiger charge is 1.92. The molecule has 0 bridgehead atoms. The van der Waals surface area contributed by atoms with Crippen molar-refractivity contribution in [1.82, 2.24) is 20.2 Å². The lowest BCUT2D eigenvalue weighted by Crippen LogP contribution is -2.28. The van der Waals surface area contributed by atoms with Crippen LogP contribution in [-0.4, -0.2) is 26.2 Å². The summed E-state index contributed by atoms with van der Waals surface area (Å²) in [6.45, 7) is -0.491. The quantitative estimate of drug-likeness (QED) is 0.467. The van der Waals surface area contributed by atoms with Gasteiger partial charge in [0.1, 0.15) is 0 Å². The summed E-state index contributed by atoms with van der Waals surface area (Å²) >= 11 is 0. The Labute approximate surface area is 54.3 Å². The third-order valence-corrected chi connectivity index (χ3v) is 0.747.